The van der Waals surface area contributed by atoms with E-state index in [-0.39, 0.29) is 13.6 Å². The lowest BCUT2D eigenvalue weighted by Crippen LogP contribution is -2.17. The lowest BCUT2D eigenvalue weighted by Gasteiger charge is -2.10. The molecular formula is C23H30N2O6. The zero-order chi connectivity index (χ0) is 21.5. The number of unbranched alkanes of at least 4 members (excludes halogenated alkanes) is 2. The minimum atomic E-state index is 0.249. The number of methoxy groups -OCH3 is 2. The van der Waals surface area contributed by atoms with Crippen LogP contribution in [0.2, 0.25) is 0 Å². The van der Waals surface area contributed by atoms with Crippen LogP contribution < -0.4 is 39.1 Å². The Balaban J connectivity index is 1.10. The molecule has 0 saturated carbocycles. The van der Waals surface area contributed by atoms with E-state index in [4.69, 9.17) is 28.4 Å². The van der Waals surface area contributed by atoms with Gasteiger partial charge in [0.2, 0.25) is 25.1 Å². The molecule has 2 aromatic carbocycles. The van der Waals surface area contributed by atoms with Gasteiger partial charge in [0.05, 0.1) is 14.2 Å². The van der Waals surface area contributed by atoms with Crippen molar-refractivity contribution in [2.45, 2.75) is 32.4 Å². The molecule has 2 heterocycles. The number of rotatable bonds is 12. The first-order valence-corrected chi connectivity index (χ1v) is 10.6. The zero-order valence-corrected chi connectivity index (χ0v) is 18.1. The molecule has 2 N–H and O–H groups in total. The molecule has 2 aromatic rings. The van der Waals surface area contributed by atoms with E-state index in [0.29, 0.717) is 11.5 Å². The van der Waals surface area contributed by atoms with Gasteiger partial charge in [-0.1, -0.05) is 6.42 Å². The molecule has 0 bridgehead atoms. The predicted octanol–water partition coefficient (Wildman–Crippen LogP) is 3.21. The van der Waals surface area contributed by atoms with E-state index in [1.165, 1.54) is 0 Å². The van der Waals surface area contributed by atoms with Crippen LogP contribution in [-0.2, 0) is 13.1 Å². The Kier molecular flexibility index (Phi) is 7.22. The topological polar surface area (TPSA) is 79.4 Å². The summed E-state index contributed by atoms with van der Waals surface area (Å²) in [6.07, 6.45) is 3.41. The third-order valence-corrected chi connectivity index (χ3v) is 5.30. The standard InChI is InChI=1S/C23H30N2O6/c1-26-18-8-16(10-20-22(18)30-14-28-20)12-24-6-4-3-5-7-25-13-17-9-19(27-2)23-21(11-17)29-15-31-23/h8-11,24-25H,3-7,12-15H2,1-2H3. The van der Waals surface area contributed by atoms with Gasteiger partial charge in [-0.05, 0) is 61.3 Å². The molecule has 0 radical (unpaired) electrons. The van der Waals surface area contributed by atoms with Crippen LogP contribution in [0.15, 0.2) is 24.3 Å². The van der Waals surface area contributed by atoms with Gasteiger partial charge >= 0.3 is 0 Å². The minimum absolute atomic E-state index is 0.249. The lowest BCUT2D eigenvalue weighted by molar-refractivity contribution is 0.171. The molecule has 2 aliphatic heterocycles. The summed E-state index contributed by atoms with van der Waals surface area (Å²) in [6, 6.07) is 8.00. The third kappa shape index (κ3) is 5.26. The first kappa shape index (κ1) is 21.4. The monoisotopic (exact) mass is 430 g/mol. The van der Waals surface area contributed by atoms with Crippen molar-refractivity contribution in [2.24, 2.45) is 0 Å². The Morgan fingerprint density at radius 2 is 1.16 bits per heavy atom. The Bertz CT molecular complexity index is 817. The van der Waals surface area contributed by atoms with Crippen LogP contribution in [-0.4, -0.2) is 40.9 Å². The first-order valence-electron chi connectivity index (χ1n) is 10.6. The maximum atomic E-state index is 5.47. The fraction of sp³-hybridized carbons (Fsp3) is 0.478. The van der Waals surface area contributed by atoms with Gasteiger partial charge in [0.25, 0.3) is 0 Å². The van der Waals surface area contributed by atoms with Crippen LogP contribution in [0.25, 0.3) is 0 Å². The molecule has 0 atom stereocenters. The van der Waals surface area contributed by atoms with Crippen molar-refractivity contribution < 1.29 is 28.4 Å². The van der Waals surface area contributed by atoms with Crippen molar-refractivity contribution in [3.8, 4) is 34.5 Å². The molecule has 0 aliphatic carbocycles. The molecule has 0 spiro atoms. The van der Waals surface area contributed by atoms with Crippen molar-refractivity contribution in [2.75, 3.05) is 40.9 Å². The largest absolute Gasteiger partial charge is 0.493 e. The lowest BCUT2D eigenvalue weighted by atomic mass is 10.1. The Hall–Kier alpha value is -2.84. The second-order valence-corrected chi connectivity index (χ2v) is 7.48. The summed E-state index contributed by atoms with van der Waals surface area (Å²) >= 11 is 0. The second kappa shape index (κ2) is 10.5. The van der Waals surface area contributed by atoms with Crippen molar-refractivity contribution in [3.05, 3.63) is 35.4 Å². The first-order chi connectivity index (χ1) is 15.3. The number of fused-ring (bicyclic) bond motifs is 2. The second-order valence-electron chi connectivity index (χ2n) is 7.48. The molecule has 31 heavy (non-hydrogen) atoms. The highest BCUT2D eigenvalue weighted by molar-refractivity contribution is 5.55. The van der Waals surface area contributed by atoms with Crippen LogP contribution in [0, 0.1) is 0 Å². The molecule has 0 aromatic heterocycles. The molecule has 4 rings (SSSR count). The maximum Gasteiger partial charge on any atom is 0.231 e. The van der Waals surface area contributed by atoms with Crippen LogP contribution in [0.4, 0.5) is 0 Å². The SMILES string of the molecule is COc1cc(CNCCCCCNCc2cc(OC)c3c(c2)OCO3)cc2c1OCO2. The summed E-state index contributed by atoms with van der Waals surface area (Å²) in [5.41, 5.74) is 2.25. The van der Waals surface area contributed by atoms with E-state index in [1.54, 1.807) is 14.2 Å². The van der Waals surface area contributed by atoms with Gasteiger partial charge in [0.1, 0.15) is 0 Å². The zero-order valence-electron chi connectivity index (χ0n) is 18.1. The highest BCUT2D eigenvalue weighted by Gasteiger charge is 2.20. The maximum absolute atomic E-state index is 5.47. The molecular weight excluding hydrogens is 400 g/mol. The van der Waals surface area contributed by atoms with E-state index in [2.05, 4.69) is 10.6 Å². The highest BCUT2D eigenvalue weighted by atomic mass is 16.7. The number of hydrogen-bond donors (Lipinski definition) is 2. The van der Waals surface area contributed by atoms with Gasteiger partial charge in [-0.25, -0.2) is 0 Å². The molecule has 0 saturated heterocycles. The number of ether oxygens (including phenoxy) is 6. The van der Waals surface area contributed by atoms with Crippen molar-refractivity contribution >= 4 is 0 Å². The van der Waals surface area contributed by atoms with Crippen molar-refractivity contribution in [1.29, 1.82) is 0 Å². The van der Waals surface area contributed by atoms with Gasteiger partial charge < -0.3 is 39.1 Å². The average Bonchev–Trinajstić information content (AvgIpc) is 3.46. The number of benzene rings is 2. The molecule has 0 amide bonds. The van der Waals surface area contributed by atoms with E-state index in [9.17, 15) is 0 Å². The van der Waals surface area contributed by atoms with Crippen LogP contribution >= 0.6 is 0 Å². The van der Waals surface area contributed by atoms with Crippen LogP contribution in [0.1, 0.15) is 30.4 Å². The quantitative estimate of drug-likeness (QED) is 0.497. The van der Waals surface area contributed by atoms with E-state index in [0.717, 1.165) is 79.6 Å². The van der Waals surface area contributed by atoms with E-state index >= 15 is 0 Å². The van der Waals surface area contributed by atoms with E-state index in [1.807, 2.05) is 24.3 Å². The summed E-state index contributed by atoms with van der Waals surface area (Å²) in [7, 11) is 3.29. The molecule has 2 aliphatic rings. The Morgan fingerprint density at radius 1 is 0.677 bits per heavy atom. The normalized spacial score (nSPS) is 13.5. The summed E-state index contributed by atoms with van der Waals surface area (Å²) in [5, 5.41) is 6.97. The molecule has 168 valence electrons. The smallest absolute Gasteiger partial charge is 0.231 e. The van der Waals surface area contributed by atoms with Crippen molar-refractivity contribution in [1.82, 2.24) is 10.6 Å². The summed E-state index contributed by atoms with van der Waals surface area (Å²) in [5.74, 6) is 4.33. The summed E-state index contributed by atoms with van der Waals surface area (Å²) < 4.78 is 32.6. The van der Waals surface area contributed by atoms with Gasteiger partial charge in [-0.3, -0.25) is 0 Å². The van der Waals surface area contributed by atoms with Gasteiger partial charge in [-0.2, -0.15) is 0 Å². The average molecular weight is 431 g/mol. The Labute approximate surface area is 182 Å². The third-order valence-electron chi connectivity index (χ3n) is 5.30. The highest BCUT2D eigenvalue weighted by Crippen LogP contribution is 2.42. The summed E-state index contributed by atoms with van der Waals surface area (Å²) in [6.45, 7) is 3.98. The van der Waals surface area contributed by atoms with Crippen LogP contribution in [0.5, 0.6) is 34.5 Å². The number of hydrogen-bond acceptors (Lipinski definition) is 8. The van der Waals surface area contributed by atoms with Gasteiger partial charge in [0.15, 0.2) is 23.0 Å². The van der Waals surface area contributed by atoms with E-state index < -0.39 is 0 Å². The summed E-state index contributed by atoms with van der Waals surface area (Å²) in [4.78, 5) is 0. The molecule has 8 heteroatoms. The number of nitrogens with one attached hydrogen (secondary N) is 2. The minimum Gasteiger partial charge on any atom is -0.493 e. The van der Waals surface area contributed by atoms with Crippen molar-refractivity contribution in [3.63, 3.8) is 0 Å². The van der Waals surface area contributed by atoms with Crippen LogP contribution in [0.3, 0.4) is 0 Å². The molecule has 8 nitrogen and oxygen atoms in total. The predicted molar refractivity (Wildman–Crippen MR) is 115 cm³/mol. The Morgan fingerprint density at radius 3 is 1.61 bits per heavy atom. The fourth-order valence-electron chi connectivity index (χ4n) is 3.71. The van der Waals surface area contributed by atoms with Gasteiger partial charge in [0, 0.05) is 13.1 Å². The fourth-order valence-corrected chi connectivity index (χ4v) is 3.71. The molecule has 0 fully saturated rings. The molecule has 0 unspecified atom stereocenters. The van der Waals surface area contributed by atoms with Gasteiger partial charge in [-0.15, -0.1) is 0 Å².